The van der Waals surface area contributed by atoms with Gasteiger partial charge in [0.2, 0.25) is 11.8 Å². The Morgan fingerprint density at radius 3 is 2.80 bits per heavy atom. The normalized spacial score (nSPS) is 16.7. The minimum Gasteiger partial charge on any atom is -0.491 e. The Labute approximate surface area is 187 Å². The van der Waals surface area contributed by atoms with Crippen LogP contribution in [0.3, 0.4) is 0 Å². The Bertz CT molecular complexity index is 914. The monoisotopic (exact) mass is 448 g/mol. The van der Waals surface area contributed by atoms with Crippen LogP contribution in [0.2, 0.25) is 5.02 Å². The van der Waals surface area contributed by atoms with E-state index in [1.54, 1.807) is 16.2 Å². The summed E-state index contributed by atoms with van der Waals surface area (Å²) in [5, 5.41) is 2.77. The van der Waals surface area contributed by atoms with Crippen molar-refractivity contribution in [3.8, 4) is 5.75 Å². The van der Waals surface area contributed by atoms with Crippen LogP contribution >= 0.6 is 22.9 Å². The number of thiophene rings is 1. The maximum atomic E-state index is 13.2. The lowest BCUT2D eigenvalue weighted by molar-refractivity contribution is -0.143. The summed E-state index contributed by atoms with van der Waals surface area (Å²) in [6.45, 7) is 8.55. The lowest BCUT2D eigenvalue weighted by Crippen LogP contribution is -2.49. The van der Waals surface area contributed by atoms with Gasteiger partial charge in [0.25, 0.3) is 0 Å². The molecule has 3 rings (SSSR count). The Morgan fingerprint density at radius 1 is 1.37 bits per heavy atom. The molecule has 2 aromatic rings. The molecule has 0 unspecified atom stereocenters. The third-order valence-corrected chi connectivity index (χ3v) is 7.21. The number of halogens is 1. The summed E-state index contributed by atoms with van der Waals surface area (Å²) in [4.78, 5) is 30.2. The number of aryl methyl sites for hydroxylation is 1. The third kappa shape index (κ3) is 4.98. The van der Waals surface area contributed by atoms with Crippen LogP contribution < -0.4 is 4.74 Å². The van der Waals surface area contributed by atoms with Gasteiger partial charge in [0.1, 0.15) is 12.4 Å². The Kier molecular flexibility index (Phi) is 7.42. The van der Waals surface area contributed by atoms with Crippen molar-refractivity contribution in [1.82, 2.24) is 9.80 Å². The molecule has 0 spiro atoms. The maximum Gasteiger partial charge on any atom is 0.242 e. The predicted octanol–water partition coefficient (Wildman–Crippen LogP) is 4.86. The van der Waals surface area contributed by atoms with Crippen molar-refractivity contribution in [3.05, 3.63) is 50.7 Å². The Morgan fingerprint density at radius 2 is 2.13 bits per heavy atom. The summed E-state index contributed by atoms with van der Waals surface area (Å²) in [6.07, 6.45) is 1.64. The average molecular weight is 449 g/mol. The summed E-state index contributed by atoms with van der Waals surface area (Å²) < 4.78 is 6.08. The Hall–Kier alpha value is -2.05. The van der Waals surface area contributed by atoms with Crippen LogP contribution in [0.25, 0.3) is 0 Å². The molecular formula is C23H29ClN2O3S. The molecule has 5 nitrogen and oxygen atoms in total. The first kappa shape index (κ1) is 22.6. The molecule has 0 saturated heterocycles. The lowest BCUT2D eigenvalue weighted by Gasteiger charge is -2.37. The van der Waals surface area contributed by atoms with Gasteiger partial charge in [0.15, 0.2) is 0 Å². The fourth-order valence-corrected chi connectivity index (χ4v) is 4.84. The summed E-state index contributed by atoms with van der Waals surface area (Å²) in [5.74, 6) is 0.621. The van der Waals surface area contributed by atoms with Crippen LogP contribution in [0.1, 0.15) is 49.2 Å². The predicted molar refractivity (Wildman–Crippen MR) is 121 cm³/mol. The van der Waals surface area contributed by atoms with Crippen LogP contribution in [0.15, 0.2) is 29.6 Å². The molecule has 0 radical (unpaired) electrons. The molecule has 0 aliphatic carbocycles. The molecule has 1 aliphatic rings. The van der Waals surface area contributed by atoms with Crippen LogP contribution in [0.4, 0.5) is 0 Å². The molecule has 1 aliphatic heterocycles. The van der Waals surface area contributed by atoms with E-state index in [0.717, 1.165) is 29.7 Å². The number of hydrogen-bond donors (Lipinski definition) is 0. The van der Waals surface area contributed by atoms with Gasteiger partial charge in [-0.15, -0.1) is 11.3 Å². The van der Waals surface area contributed by atoms with Crippen molar-refractivity contribution in [2.24, 2.45) is 0 Å². The van der Waals surface area contributed by atoms with E-state index < -0.39 is 0 Å². The second kappa shape index (κ2) is 9.84. The number of benzene rings is 1. The number of ether oxygens (including phenoxy) is 1. The molecule has 1 aromatic heterocycles. The minimum atomic E-state index is -0.172. The average Bonchev–Trinajstić information content (AvgIpc) is 3.20. The van der Waals surface area contributed by atoms with Gasteiger partial charge in [-0.05, 0) is 67.5 Å². The number of fused-ring (bicyclic) bond motifs is 1. The number of rotatable bonds is 7. The van der Waals surface area contributed by atoms with E-state index in [1.165, 1.54) is 11.8 Å². The fraction of sp³-hybridized carbons (Fsp3) is 0.478. The van der Waals surface area contributed by atoms with Crippen LogP contribution in [0.5, 0.6) is 5.75 Å². The van der Waals surface area contributed by atoms with Gasteiger partial charge < -0.3 is 14.5 Å². The first-order valence-electron chi connectivity index (χ1n) is 10.3. The van der Waals surface area contributed by atoms with E-state index in [9.17, 15) is 9.59 Å². The van der Waals surface area contributed by atoms with Crippen molar-refractivity contribution in [2.75, 3.05) is 19.7 Å². The SMILES string of the molecule is CC[C@H](C)N(CC(=O)N1CCc2sccc2[C@H]1COc1ccc(Cl)c(C)c1)C(C)=O. The van der Waals surface area contributed by atoms with Crippen LogP contribution in [0, 0.1) is 6.92 Å². The highest BCUT2D eigenvalue weighted by Gasteiger charge is 2.33. The molecule has 0 N–H and O–H groups in total. The topological polar surface area (TPSA) is 49.9 Å². The lowest BCUT2D eigenvalue weighted by atomic mass is 10.00. The third-order valence-electron chi connectivity index (χ3n) is 5.79. The van der Waals surface area contributed by atoms with E-state index in [1.807, 2.05) is 43.9 Å². The molecule has 2 heterocycles. The molecule has 1 aromatic carbocycles. The molecule has 0 bridgehead atoms. The molecule has 7 heteroatoms. The zero-order valence-corrected chi connectivity index (χ0v) is 19.6. The van der Waals surface area contributed by atoms with Gasteiger partial charge in [0, 0.05) is 29.4 Å². The quantitative estimate of drug-likeness (QED) is 0.607. The summed E-state index contributed by atoms with van der Waals surface area (Å²) >= 11 is 7.84. The largest absolute Gasteiger partial charge is 0.491 e. The van der Waals surface area contributed by atoms with Crippen molar-refractivity contribution in [3.63, 3.8) is 0 Å². The van der Waals surface area contributed by atoms with Crippen LogP contribution in [-0.4, -0.2) is 47.4 Å². The number of nitrogens with zero attached hydrogens (tertiary/aromatic N) is 2. The van der Waals surface area contributed by atoms with Crippen molar-refractivity contribution in [2.45, 2.75) is 52.6 Å². The summed E-state index contributed by atoms with van der Waals surface area (Å²) in [7, 11) is 0. The zero-order chi connectivity index (χ0) is 21.8. The second-order valence-electron chi connectivity index (χ2n) is 7.78. The van der Waals surface area contributed by atoms with Gasteiger partial charge in [-0.2, -0.15) is 0 Å². The number of carbonyl (C=O) groups excluding carboxylic acids is 2. The standard InChI is InChI=1S/C23H29ClN2O3S/c1-5-16(3)26(17(4)27)13-23(28)25-10-8-22-19(9-11-30-22)21(25)14-29-18-6-7-20(24)15(2)12-18/h6-7,9,11-12,16,21H,5,8,10,13-14H2,1-4H3/t16-,21+/m0/s1. The van der Waals surface area contributed by atoms with Crippen molar-refractivity contribution < 1.29 is 14.3 Å². The number of hydrogen-bond acceptors (Lipinski definition) is 4. The molecule has 162 valence electrons. The van der Waals surface area contributed by atoms with E-state index in [0.29, 0.717) is 18.2 Å². The summed E-state index contributed by atoms with van der Waals surface area (Å²) in [5.41, 5.74) is 2.09. The first-order valence-corrected chi connectivity index (χ1v) is 11.6. The molecule has 2 atom stereocenters. The first-order chi connectivity index (χ1) is 14.3. The van der Waals surface area contributed by atoms with E-state index in [-0.39, 0.29) is 30.4 Å². The van der Waals surface area contributed by atoms with E-state index in [4.69, 9.17) is 16.3 Å². The molecule has 0 saturated carbocycles. The fourth-order valence-electron chi connectivity index (χ4n) is 3.79. The maximum absolute atomic E-state index is 13.2. The van der Waals surface area contributed by atoms with Crippen molar-refractivity contribution in [1.29, 1.82) is 0 Å². The van der Waals surface area contributed by atoms with Gasteiger partial charge >= 0.3 is 0 Å². The molecule has 0 fully saturated rings. The van der Waals surface area contributed by atoms with Crippen LogP contribution in [-0.2, 0) is 16.0 Å². The van der Waals surface area contributed by atoms with Gasteiger partial charge in [-0.3, -0.25) is 9.59 Å². The molecule has 2 amide bonds. The summed E-state index contributed by atoms with van der Waals surface area (Å²) in [6, 6.07) is 7.51. The highest BCUT2D eigenvalue weighted by molar-refractivity contribution is 7.10. The molecule has 30 heavy (non-hydrogen) atoms. The van der Waals surface area contributed by atoms with Gasteiger partial charge in [0.05, 0.1) is 12.6 Å². The minimum absolute atomic E-state index is 0.0275. The van der Waals surface area contributed by atoms with E-state index in [2.05, 4.69) is 11.4 Å². The number of carbonyl (C=O) groups is 2. The zero-order valence-electron chi connectivity index (χ0n) is 18.0. The van der Waals surface area contributed by atoms with Gasteiger partial charge in [-0.1, -0.05) is 18.5 Å². The number of amides is 2. The smallest absolute Gasteiger partial charge is 0.242 e. The van der Waals surface area contributed by atoms with Gasteiger partial charge in [-0.25, -0.2) is 0 Å². The highest BCUT2D eigenvalue weighted by Crippen LogP contribution is 2.34. The van der Waals surface area contributed by atoms with E-state index >= 15 is 0 Å². The molecular weight excluding hydrogens is 420 g/mol. The Balaban J connectivity index is 1.79. The second-order valence-corrected chi connectivity index (χ2v) is 9.19. The highest BCUT2D eigenvalue weighted by atomic mass is 35.5. The van der Waals surface area contributed by atoms with Crippen molar-refractivity contribution >= 4 is 34.8 Å².